The van der Waals surface area contributed by atoms with Crippen LogP contribution in [0.3, 0.4) is 0 Å². The maximum atomic E-state index is 11.3. The molecule has 6 N–H and O–H groups in total. The Kier molecular flexibility index (Phi) is 5.46. The van der Waals surface area contributed by atoms with Gasteiger partial charge in [-0.1, -0.05) is 0 Å². The number of nitrogens with one attached hydrogen (secondary N) is 1. The van der Waals surface area contributed by atoms with Crippen molar-refractivity contribution in [2.75, 3.05) is 39.3 Å². The van der Waals surface area contributed by atoms with Crippen LogP contribution in [0.15, 0.2) is 0 Å². The van der Waals surface area contributed by atoms with E-state index in [1.54, 1.807) is 4.90 Å². The van der Waals surface area contributed by atoms with Gasteiger partial charge >= 0.3 is 6.09 Å². The quantitative estimate of drug-likeness (QED) is 0.423. The molecule has 122 valence electrons. The van der Waals surface area contributed by atoms with E-state index in [1.165, 1.54) is 12.8 Å². The lowest BCUT2D eigenvalue weighted by Crippen LogP contribution is -2.38. The van der Waals surface area contributed by atoms with Crippen LogP contribution in [0.5, 0.6) is 0 Å². The van der Waals surface area contributed by atoms with Crippen LogP contribution in [-0.4, -0.2) is 55.4 Å². The molecule has 21 heavy (non-hydrogen) atoms. The number of hydrogen-bond acceptors (Lipinski definition) is 4. The zero-order chi connectivity index (χ0) is 15.3. The summed E-state index contributed by atoms with van der Waals surface area (Å²) in [6.45, 7) is 4.52. The van der Waals surface area contributed by atoms with Crippen molar-refractivity contribution in [3.63, 3.8) is 0 Å². The first-order valence-electron chi connectivity index (χ1n) is 8.14. The lowest BCUT2D eigenvalue weighted by molar-refractivity contribution is 0.133. The smallest absolute Gasteiger partial charge is 0.407 e. The van der Waals surface area contributed by atoms with E-state index in [1.807, 2.05) is 0 Å². The average molecular weight is 298 g/mol. The molecule has 0 saturated heterocycles. The number of unbranched alkanes of at least 4 members (excludes halogenated alkanes) is 1. The molecule has 0 aromatic heterocycles. The molecule has 0 unspecified atom stereocenters. The van der Waals surface area contributed by atoms with Crippen LogP contribution < -0.4 is 16.8 Å². The molecule has 0 heterocycles. The Balaban J connectivity index is 1.56. The third-order valence-electron chi connectivity index (χ3n) is 5.11. The van der Waals surface area contributed by atoms with Crippen LogP contribution in [0, 0.1) is 10.8 Å². The SMILES string of the molecule is NCC1(CNCCCCN(CC2(CN)CC2)C(=O)O)CC1. The van der Waals surface area contributed by atoms with Gasteiger partial charge in [0.05, 0.1) is 0 Å². The minimum Gasteiger partial charge on any atom is -0.465 e. The van der Waals surface area contributed by atoms with Crippen molar-refractivity contribution < 1.29 is 9.90 Å². The van der Waals surface area contributed by atoms with Crippen LogP contribution in [0.4, 0.5) is 4.79 Å². The van der Waals surface area contributed by atoms with Crippen LogP contribution in [0.25, 0.3) is 0 Å². The molecule has 2 fully saturated rings. The highest BCUT2D eigenvalue weighted by atomic mass is 16.4. The highest BCUT2D eigenvalue weighted by Gasteiger charge is 2.43. The van der Waals surface area contributed by atoms with Crippen LogP contribution in [0.2, 0.25) is 0 Å². The highest BCUT2D eigenvalue weighted by molar-refractivity contribution is 5.65. The minimum atomic E-state index is -0.817. The molecule has 0 aromatic rings. The topological polar surface area (TPSA) is 105 Å². The summed E-state index contributed by atoms with van der Waals surface area (Å²) in [7, 11) is 0. The molecule has 2 aliphatic carbocycles. The Morgan fingerprint density at radius 2 is 1.71 bits per heavy atom. The highest BCUT2D eigenvalue weighted by Crippen LogP contribution is 2.45. The fraction of sp³-hybridized carbons (Fsp3) is 0.933. The molecule has 2 rings (SSSR count). The van der Waals surface area contributed by atoms with Gasteiger partial charge in [0.15, 0.2) is 0 Å². The van der Waals surface area contributed by atoms with Crippen molar-refractivity contribution in [2.24, 2.45) is 22.3 Å². The van der Waals surface area contributed by atoms with E-state index in [0.717, 1.165) is 45.3 Å². The normalized spacial score (nSPS) is 21.0. The molecule has 0 aromatic carbocycles. The molecular formula is C15H30N4O2. The monoisotopic (exact) mass is 298 g/mol. The van der Waals surface area contributed by atoms with Crippen LogP contribution >= 0.6 is 0 Å². The van der Waals surface area contributed by atoms with Crippen molar-refractivity contribution >= 4 is 6.09 Å². The zero-order valence-electron chi connectivity index (χ0n) is 12.9. The first-order chi connectivity index (χ1) is 10.0. The number of amides is 1. The first-order valence-corrected chi connectivity index (χ1v) is 8.14. The van der Waals surface area contributed by atoms with Gasteiger partial charge in [0, 0.05) is 25.0 Å². The zero-order valence-corrected chi connectivity index (χ0v) is 12.9. The Bertz CT molecular complexity index is 354. The lowest BCUT2D eigenvalue weighted by atomic mass is 10.1. The first kappa shape index (κ1) is 16.5. The van der Waals surface area contributed by atoms with Gasteiger partial charge in [-0.2, -0.15) is 0 Å². The summed E-state index contributed by atoms with van der Waals surface area (Å²) in [5.74, 6) is 0. The van der Waals surface area contributed by atoms with E-state index in [4.69, 9.17) is 11.5 Å². The Hall–Kier alpha value is -0.850. The van der Waals surface area contributed by atoms with E-state index in [2.05, 4.69) is 5.32 Å². The molecule has 6 heteroatoms. The van der Waals surface area contributed by atoms with Crippen molar-refractivity contribution in [3.05, 3.63) is 0 Å². The molecule has 0 radical (unpaired) electrons. The predicted octanol–water partition coefficient (Wildman–Crippen LogP) is 0.814. The van der Waals surface area contributed by atoms with Gasteiger partial charge in [0.25, 0.3) is 0 Å². The summed E-state index contributed by atoms with van der Waals surface area (Å²) in [4.78, 5) is 12.8. The minimum absolute atomic E-state index is 0.0795. The maximum Gasteiger partial charge on any atom is 0.407 e. The average Bonchev–Trinajstić information content (AvgIpc) is 3.37. The van der Waals surface area contributed by atoms with Gasteiger partial charge in [0.2, 0.25) is 0 Å². The van der Waals surface area contributed by atoms with Gasteiger partial charge in [0.1, 0.15) is 0 Å². The van der Waals surface area contributed by atoms with Gasteiger partial charge in [-0.25, -0.2) is 4.79 Å². The molecule has 0 bridgehead atoms. The van der Waals surface area contributed by atoms with E-state index < -0.39 is 6.09 Å². The van der Waals surface area contributed by atoms with E-state index in [-0.39, 0.29) is 5.41 Å². The number of hydrogen-bond donors (Lipinski definition) is 4. The maximum absolute atomic E-state index is 11.3. The summed E-state index contributed by atoms with van der Waals surface area (Å²) >= 11 is 0. The lowest BCUT2D eigenvalue weighted by Gasteiger charge is -2.24. The molecule has 0 spiro atoms. The van der Waals surface area contributed by atoms with Gasteiger partial charge < -0.3 is 26.8 Å². The van der Waals surface area contributed by atoms with E-state index >= 15 is 0 Å². The number of carbonyl (C=O) groups is 1. The third-order valence-corrected chi connectivity index (χ3v) is 5.11. The second kappa shape index (κ2) is 6.94. The van der Waals surface area contributed by atoms with Gasteiger partial charge in [-0.15, -0.1) is 0 Å². The predicted molar refractivity (Wildman–Crippen MR) is 83.1 cm³/mol. The van der Waals surface area contributed by atoms with Crippen LogP contribution in [0.1, 0.15) is 38.5 Å². The van der Waals surface area contributed by atoms with E-state index in [0.29, 0.717) is 25.0 Å². The number of carboxylic acid groups (broad SMARTS) is 1. The largest absolute Gasteiger partial charge is 0.465 e. The summed E-state index contributed by atoms with van der Waals surface area (Å²) in [5, 5.41) is 12.7. The van der Waals surface area contributed by atoms with Crippen molar-refractivity contribution in [3.8, 4) is 0 Å². The molecule has 2 aliphatic rings. The summed E-state index contributed by atoms with van der Waals surface area (Å²) in [6.07, 6.45) is 5.69. The second-order valence-electron chi connectivity index (χ2n) is 7.00. The molecule has 6 nitrogen and oxygen atoms in total. The summed E-state index contributed by atoms with van der Waals surface area (Å²) in [6, 6.07) is 0. The second-order valence-corrected chi connectivity index (χ2v) is 7.00. The number of nitrogens with zero attached hydrogens (tertiary/aromatic N) is 1. The molecule has 0 atom stereocenters. The summed E-state index contributed by atoms with van der Waals surface area (Å²) < 4.78 is 0. The van der Waals surface area contributed by atoms with Gasteiger partial charge in [-0.05, 0) is 63.6 Å². The Labute approximate surface area is 127 Å². The van der Waals surface area contributed by atoms with Crippen molar-refractivity contribution in [2.45, 2.75) is 38.5 Å². The van der Waals surface area contributed by atoms with Gasteiger partial charge in [-0.3, -0.25) is 0 Å². The number of nitrogens with two attached hydrogens (primary N) is 2. The Morgan fingerprint density at radius 3 is 2.19 bits per heavy atom. The fourth-order valence-corrected chi connectivity index (χ4v) is 2.79. The van der Waals surface area contributed by atoms with Crippen molar-refractivity contribution in [1.82, 2.24) is 10.2 Å². The van der Waals surface area contributed by atoms with Crippen molar-refractivity contribution in [1.29, 1.82) is 0 Å². The number of rotatable bonds is 11. The molecular weight excluding hydrogens is 268 g/mol. The standard InChI is InChI=1S/C15H30N4O2/c16-9-14(3-4-14)11-18-7-1-2-8-19(13(20)21)12-15(10-17)5-6-15/h18H,1-12,16-17H2,(H,20,21). The molecule has 1 amide bonds. The summed E-state index contributed by atoms with van der Waals surface area (Å²) in [5.41, 5.74) is 11.9. The van der Waals surface area contributed by atoms with E-state index in [9.17, 15) is 9.90 Å². The van der Waals surface area contributed by atoms with Crippen LogP contribution in [-0.2, 0) is 0 Å². The third kappa shape index (κ3) is 4.83. The fourth-order valence-electron chi connectivity index (χ4n) is 2.79. The molecule has 2 saturated carbocycles. The Morgan fingerprint density at radius 1 is 1.10 bits per heavy atom. The molecule has 0 aliphatic heterocycles.